The molecule has 6 heteroatoms. The van der Waals surface area contributed by atoms with Crippen LogP contribution in [0.5, 0.6) is 0 Å². The second-order valence-corrected chi connectivity index (χ2v) is 4.28. The molecule has 17 heavy (non-hydrogen) atoms. The molecule has 0 unspecified atom stereocenters. The topological polar surface area (TPSA) is 68.0 Å². The van der Waals surface area contributed by atoms with Crippen LogP contribution in [0.4, 0.5) is 0 Å². The third-order valence-corrected chi connectivity index (χ3v) is 3.22. The lowest BCUT2D eigenvalue weighted by atomic mass is 10.2. The molecule has 0 bridgehead atoms. The molecular weight excluding hydrogens is 238 g/mol. The van der Waals surface area contributed by atoms with Crippen LogP contribution >= 0.6 is 11.3 Å². The van der Waals surface area contributed by atoms with Crippen molar-refractivity contribution in [2.45, 2.75) is 0 Å². The van der Waals surface area contributed by atoms with Crippen LogP contribution in [0.15, 0.2) is 36.0 Å². The van der Waals surface area contributed by atoms with Crippen molar-refractivity contribution in [3.63, 3.8) is 0 Å². The third-order valence-electron chi connectivity index (χ3n) is 2.42. The van der Waals surface area contributed by atoms with Crippen LogP contribution in [0.25, 0.3) is 16.7 Å². The van der Waals surface area contributed by atoms with Gasteiger partial charge < -0.3 is 5.11 Å². The van der Waals surface area contributed by atoms with E-state index in [4.69, 9.17) is 5.11 Å². The number of para-hydroxylation sites is 1. The van der Waals surface area contributed by atoms with Crippen molar-refractivity contribution in [2.24, 2.45) is 0 Å². The Morgan fingerprint density at radius 2 is 2.18 bits per heavy atom. The van der Waals surface area contributed by atoms with Crippen LogP contribution in [0.2, 0.25) is 0 Å². The Morgan fingerprint density at radius 1 is 1.35 bits per heavy atom. The molecule has 0 fully saturated rings. The maximum atomic E-state index is 11.0. The zero-order valence-corrected chi connectivity index (χ0v) is 9.39. The Hall–Kier alpha value is -2.21. The minimum absolute atomic E-state index is 0.193. The van der Waals surface area contributed by atoms with E-state index in [-0.39, 0.29) is 4.88 Å². The summed E-state index contributed by atoms with van der Waals surface area (Å²) in [4.78, 5) is 15.3. The molecule has 5 nitrogen and oxygen atoms in total. The van der Waals surface area contributed by atoms with E-state index in [1.807, 2.05) is 24.3 Å². The number of hydrogen-bond donors (Lipinski definition) is 1. The molecule has 1 aromatic carbocycles. The monoisotopic (exact) mass is 245 g/mol. The van der Waals surface area contributed by atoms with E-state index in [2.05, 4.69) is 10.1 Å². The van der Waals surface area contributed by atoms with Gasteiger partial charge in [0, 0.05) is 5.39 Å². The number of carboxylic acids is 1. The molecule has 0 aliphatic carbocycles. The Bertz CT molecular complexity index is 701. The lowest BCUT2D eigenvalue weighted by molar-refractivity contribution is 0.0702. The molecular formula is C11H7N3O2S. The maximum absolute atomic E-state index is 11.0. The number of fused-ring (bicyclic) bond motifs is 1. The predicted octanol–water partition coefficient (Wildman–Crippen LogP) is 2.18. The molecule has 0 saturated carbocycles. The first kappa shape index (κ1) is 9.98. The summed E-state index contributed by atoms with van der Waals surface area (Å²) in [6.45, 7) is 0. The fourth-order valence-corrected chi connectivity index (χ4v) is 2.28. The Kier molecular flexibility index (Phi) is 2.15. The Balaban J connectivity index is 2.28. The molecule has 0 aliphatic rings. The summed E-state index contributed by atoms with van der Waals surface area (Å²) in [5, 5.41) is 14.2. The van der Waals surface area contributed by atoms with Crippen molar-refractivity contribution in [1.82, 2.24) is 14.8 Å². The number of thiazole rings is 1. The van der Waals surface area contributed by atoms with Crippen LogP contribution < -0.4 is 0 Å². The first-order valence-electron chi connectivity index (χ1n) is 4.87. The number of aromatic carboxylic acids is 1. The second-order valence-electron chi connectivity index (χ2n) is 3.43. The van der Waals surface area contributed by atoms with Gasteiger partial charge in [-0.25, -0.2) is 14.5 Å². The van der Waals surface area contributed by atoms with E-state index in [1.54, 1.807) is 10.9 Å². The predicted molar refractivity (Wildman–Crippen MR) is 63.7 cm³/mol. The molecule has 2 aromatic heterocycles. The first-order chi connectivity index (χ1) is 8.27. The Morgan fingerprint density at radius 3 is 3.00 bits per heavy atom. The van der Waals surface area contributed by atoms with Gasteiger partial charge in [0.15, 0.2) is 10.7 Å². The molecule has 2 heterocycles. The number of hydrogen-bond acceptors (Lipinski definition) is 4. The van der Waals surface area contributed by atoms with Crippen molar-refractivity contribution in [3.8, 4) is 5.82 Å². The minimum atomic E-state index is -0.984. The number of carbonyl (C=O) groups is 1. The van der Waals surface area contributed by atoms with E-state index in [1.165, 1.54) is 5.51 Å². The van der Waals surface area contributed by atoms with E-state index in [0.29, 0.717) is 5.82 Å². The highest BCUT2D eigenvalue weighted by Crippen LogP contribution is 2.22. The fourth-order valence-electron chi connectivity index (χ4n) is 1.68. The summed E-state index contributed by atoms with van der Waals surface area (Å²) in [7, 11) is 0. The molecule has 84 valence electrons. The number of nitrogens with zero attached hydrogens (tertiary/aromatic N) is 3. The average molecular weight is 245 g/mol. The summed E-state index contributed by atoms with van der Waals surface area (Å²) in [6.07, 6.45) is 1.69. The Labute approximate surface area is 100.0 Å². The molecule has 0 saturated heterocycles. The van der Waals surface area contributed by atoms with Gasteiger partial charge in [0.05, 0.1) is 17.2 Å². The lowest BCUT2D eigenvalue weighted by Crippen LogP contribution is -2.04. The number of carboxylic acid groups (broad SMARTS) is 1. The number of benzene rings is 1. The van der Waals surface area contributed by atoms with Gasteiger partial charge in [-0.15, -0.1) is 11.3 Å². The second kappa shape index (κ2) is 3.67. The maximum Gasteiger partial charge on any atom is 0.349 e. The van der Waals surface area contributed by atoms with E-state index < -0.39 is 5.97 Å². The van der Waals surface area contributed by atoms with Crippen LogP contribution in [-0.2, 0) is 0 Å². The van der Waals surface area contributed by atoms with Crippen molar-refractivity contribution in [2.75, 3.05) is 0 Å². The molecule has 3 aromatic rings. The van der Waals surface area contributed by atoms with Gasteiger partial charge in [0.25, 0.3) is 0 Å². The van der Waals surface area contributed by atoms with Gasteiger partial charge in [-0.1, -0.05) is 18.2 Å². The number of rotatable bonds is 2. The van der Waals surface area contributed by atoms with Gasteiger partial charge in [-0.2, -0.15) is 5.10 Å². The van der Waals surface area contributed by atoms with Gasteiger partial charge in [0.2, 0.25) is 0 Å². The van der Waals surface area contributed by atoms with Crippen LogP contribution in [-0.4, -0.2) is 25.8 Å². The van der Waals surface area contributed by atoms with Gasteiger partial charge in [-0.05, 0) is 6.07 Å². The van der Waals surface area contributed by atoms with Crippen molar-refractivity contribution < 1.29 is 9.90 Å². The summed E-state index contributed by atoms with van der Waals surface area (Å²) in [5.74, 6) is -0.620. The van der Waals surface area contributed by atoms with Crippen LogP contribution in [0.3, 0.4) is 0 Å². The summed E-state index contributed by atoms with van der Waals surface area (Å²) in [6, 6.07) is 7.60. The normalized spacial score (nSPS) is 10.8. The SMILES string of the molecule is O=C(O)c1scnc1-n1ncc2ccccc21. The highest BCUT2D eigenvalue weighted by atomic mass is 32.1. The summed E-state index contributed by atoms with van der Waals surface area (Å²) >= 11 is 1.09. The standard InChI is InChI=1S/C11H7N3O2S/c15-11(16)9-10(12-6-17-9)14-8-4-2-1-3-7(8)5-13-14/h1-6H,(H,15,16). The summed E-state index contributed by atoms with van der Waals surface area (Å²) < 4.78 is 1.55. The molecule has 0 aliphatic heterocycles. The minimum Gasteiger partial charge on any atom is -0.477 e. The quantitative estimate of drug-likeness (QED) is 0.751. The van der Waals surface area contributed by atoms with Crippen molar-refractivity contribution >= 4 is 28.2 Å². The van der Waals surface area contributed by atoms with E-state index in [0.717, 1.165) is 22.2 Å². The van der Waals surface area contributed by atoms with Crippen LogP contribution in [0, 0.1) is 0 Å². The third kappa shape index (κ3) is 1.50. The van der Waals surface area contributed by atoms with Gasteiger partial charge in [-0.3, -0.25) is 0 Å². The molecule has 0 atom stereocenters. The van der Waals surface area contributed by atoms with Crippen molar-refractivity contribution in [1.29, 1.82) is 0 Å². The molecule has 0 amide bonds. The van der Waals surface area contributed by atoms with Crippen LogP contribution in [0.1, 0.15) is 9.67 Å². The van der Waals surface area contributed by atoms with Gasteiger partial charge in [0.1, 0.15) is 0 Å². The lowest BCUT2D eigenvalue weighted by Gasteiger charge is -2.00. The smallest absolute Gasteiger partial charge is 0.349 e. The zero-order chi connectivity index (χ0) is 11.8. The molecule has 0 radical (unpaired) electrons. The molecule has 0 spiro atoms. The largest absolute Gasteiger partial charge is 0.477 e. The van der Waals surface area contributed by atoms with E-state index in [9.17, 15) is 4.79 Å². The first-order valence-corrected chi connectivity index (χ1v) is 5.75. The van der Waals surface area contributed by atoms with E-state index >= 15 is 0 Å². The summed E-state index contributed by atoms with van der Waals surface area (Å²) in [5.41, 5.74) is 2.36. The van der Waals surface area contributed by atoms with Gasteiger partial charge >= 0.3 is 5.97 Å². The van der Waals surface area contributed by atoms with Crippen molar-refractivity contribution in [3.05, 3.63) is 40.8 Å². The number of aromatic nitrogens is 3. The molecule has 1 N–H and O–H groups in total. The average Bonchev–Trinajstić information content (AvgIpc) is 2.94. The highest BCUT2D eigenvalue weighted by molar-refractivity contribution is 7.12. The highest BCUT2D eigenvalue weighted by Gasteiger charge is 2.17. The zero-order valence-electron chi connectivity index (χ0n) is 8.57. The molecule has 3 rings (SSSR count). The fraction of sp³-hybridized carbons (Fsp3) is 0.